The molecule has 4 nitrogen and oxygen atoms in total. The Balaban J connectivity index is 1.52. The quantitative estimate of drug-likeness (QED) is 0.493. The fourth-order valence-corrected chi connectivity index (χ4v) is 11.0. The highest BCUT2D eigenvalue weighted by atomic mass is 16.5. The molecule has 190 valence electrons. The zero-order chi connectivity index (χ0) is 24.2. The SMILES string of the molecule is CC1(C)CCCC(C2CCC3(C)C2C(O)CC2C4(C)CCC(O)C(C)(C)C4C(O)CC23C)O1. The third-order valence-electron chi connectivity index (χ3n) is 12.5. The largest absolute Gasteiger partial charge is 0.393 e. The van der Waals surface area contributed by atoms with E-state index in [4.69, 9.17) is 4.74 Å². The van der Waals surface area contributed by atoms with Crippen LogP contribution in [0.25, 0.3) is 0 Å². The lowest BCUT2D eigenvalue weighted by atomic mass is 9.34. The first kappa shape index (κ1) is 24.5. The molecule has 11 atom stereocenters. The first-order valence-electron chi connectivity index (χ1n) is 13.9. The lowest BCUT2D eigenvalue weighted by Gasteiger charge is -2.71. The highest BCUT2D eigenvalue weighted by Crippen LogP contribution is 2.75. The second-order valence-electron chi connectivity index (χ2n) is 14.9. The van der Waals surface area contributed by atoms with Gasteiger partial charge in [-0.1, -0.05) is 34.6 Å². The summed E-state index contributed by atoms with van der Waals surface area (Å²) in [5.41, 5.74) is -0.453. The molecule has 0 spiro atoms. The minimum absolute atomic E-state index is 0.000115. The second kappa shape index (κ2) is 7.43. The van der Waals surface area contributed by atoms with E-state index >= 15 is 0 Å². The molecule has 33 heavy (non-hydrogen) atoms. The van der Waals surface area contributed by atoms with E-state index in [9.17, 15) is 15.3 Å². The van der Waals surface area contributed by atoms with Crippen molar-refractivity contribution in [2.24, 2.45) is 45.3 Å². The van der Waals surface area contributed by atoms with Crippen LogP contribution in [0.4, 0.5) is 0 Å². The average molecular weight is 463 g/mol. The highest BCUT2D eigenvalue weighted by Gasteiger charge is 2.72. The molecule has 4 saturated carbocycles. The zero-order valence-electron chi connectivity index (χ0n) is 22.2. The molecule has 0 aromatic carbocycles. The van der Waals surface area contributed by atoms with Crippen LogP contribution < -0.4 is 0 Å². The predicted molar refractivity (Wildman–Crippen MR) is 131 cm³/mol. The molecule has 4 aliphatic carbocycles. The van der Waals surface area contributed by atoms with Crippen molar-refractivity contribution in [3.05, 3.63) is 0 Å². The standard InChI is InChI=1S/C29H50O4/c1-25(2)12-8-9-20(33-25)17-10-14-28(6)23(17)18(30)15-21-27(5)13-11-22(32)26(3,4)24(27)19(31)16-29(21,28)7/h17-24,30-32H,8-16H2,1-7H3. The van der Waals surface area contributed by atoms with Gasteiger partial charge in [-0.05, 0) is 117 Å². The Labute approximate surface area is 201 Å². The molecule has 3 N–H and O–H groups in total. The molecule has 0 amide bonds. The number of ether oxygens (including phenoxy) is 1. The summed E-state index contributed by atoms with van der Waals surface area (Å²) in [5, 5.41) is 34.4. The molecule has 0 bridgehead atoms. The van der Waals surface area contributed by atoms with Crippen LogP contribution in [-0.2, 0) is 4.74 Å². The number of aliphatic hydroxyl groups is 3. The molecule has 11 unspecified atom stereocenters. The van der Waals surface area contributed by atoms with E-state index < -0.39 is 6.10 Å². The van der Waals surface area contributed by atoms with Gasteiger partial charge in [-0.2, -0.15) is 0 Å². The topological polar surface area (TPSA) is 69.9 Å². The van der Waals surface area contributed by atoms with E-state index in [1.165, 1.54) is 6.42 Å². The molecule has 1 heterocycles. The number of aliphatic hydroxyl groups excluding tert-OH is 3. The van der Waals surface area contributed by atoms with Crippen molar-refractivity contribution in [3.8, 4) is 0 Å². The summed E-state index contributed by atoms with van der Waals surface area (Å²) >= 11 is 0. The van der Waals surface area contributed by atoms with Crippen LogP contribution in [0.2, 0.25) is 0 Å². The summed E-state index contributed by atoms with van der Waals surface area (Å²) in [6.07, 6.45) is 8.21. The number of hydrogen-bond donors (Lipinski definition) is 3. The summed E-state index contributed by atoms with van der Waals surface area (Å²) in [4.78, 5) is 0. The molecule has 0 aromatic rings. The van der Waals surface area contributed by atoms with Crippen LogP contribution in [-0.4, -0.2) is 45.3 Å². The minimum Gasteiger partial charge on any atom is -0.393 e. The van der Waals surface area contributed by atoms with Crippen molar-refractivity contribution in [2.45, 2.75) is 136 Å². The lowest BCUT2D eigenvalue weighted by Crippen LogP contribution is -2.69. The van der Waals surface area contributed by atoms with Gasteiger partial charge in [0.25, 0.3) is 0 Å². The third-order valence-corrected chi connectivity index (χ3v) is 12.5. The van der Waals surface area contributed by atoms with Gasteiger partial charge in [-0.3, -0.25) is 0 Å². The van der Waals surface area contributed by atoms with Crippen molar-refractivity contribution in [3.63, 3.8) is 0 Å². The van der Waals surface area contributed by atoms with Crippen LogP contribution >= 0.6 is 0 Å². The Hall–Kier alpha value is -0.160. The van der Waals surface area contributed by atoms with E-state index in [-0.39, 0.29) is 57.4 Å². The van der Waals surface area contributed by atoms with Crippen molar-refractivity contribution < 1.29 is 20.1 Å². The molecule has 1 aliphatic heterocycles. The van der Waals surface area contributed by atoms with E-state index in [0.29, 0.717) is 11.8 Å². The molecule has 1 saturated heterocycles. The molecule has 0 aromatic heterocycles. The molecule has 5 rings (SSSR count). The Morgan fingerprint density at radius 2 is 1.45 bits per heavy atom. The van der Waals surface area contributed by atoms with Crippen LogP contribution in [0.5, 0.6) is 0 Å². The van der Waals surface area contributed by atoms with Crippen molar-refractivity contribution in [2.75, 3.05) is 0 Å². The van der Waals surface area contributed by atoms with Gasteiger partial charge in [0.2, 0.25) is 0 Å². The van der Waals surface area contributed by atoms with Gasteiger partial charge in [0.05, 0.1) is 30.0 Å². The van der Waals surface area contributed by atoms with Crippen LogP contribution in [0.15, 0.2) is 0 Å². The first-order chi connectivity index (χ1) is 15.2. The minimum atomic E-state index is -0.405. The second-order valence-corrected chi connectivity index (χ2v) is 14.9. The van der Waals surface area contributed by atoms with Crippen molar-refractivity contribution in [1.29, 1.82) is 0 Å². The van der Waals surface area contributed by atoms with Crippen molar-refractivity contribution in [1.82, 2.24) is 0 Å². The molecule has 0 radical (unpaired) electrons. The van der Waals surface area contributed by atoms with Gasteiger partial charge in [0, 0.05) is 0 Å². The maximum absolute atomic E-state index is 11.8. The Kier molecular flexibility index (Phi) is 5.52. The summed E-state index contributed by atoms with van der Waals surface area (Å²) in [7, 11) is 0. The lowest BCUT2D eigenvalue weighted by molar-refractivity contribution is -0.274. The normalized spacial score (nSPS) is 57.6. The van der Waals surface area contributed by atoms with Crippen LogP contribution in [0.3, 0.4) is 0 Å². The number of rotatable bonds is 1. The Bertz CT molecular complexity index is 778. The van der Waals surface area contributed by atoms with E-state index in [0.717, 1.165) is 51.4 Å². The molecule has 5 fully saturated rings. The van der Waals surface area contributed by atoms with E-state index in [1.807, 2.05) is 0 Å². The van der Waals surface area contributed by atoms with Gasteiger partial charge in [-0.15, -0.1) is 0 Å². The van der Waals surface area contributed by atoms with Gasteiger partial charge in [0.15, 0.2) is 0 Å². The van der Waals surface area contributed by atoms with Crippen LogP contribution in [0, 0.1) is 45.3 Å². The monoisotopic (exact) mass is 462 g/mol. The highest BCUT2D eigenvalue weighted by molar-refractivity contribution is 5.21. The van der Waals surface area contributed by atoms with Crippen LogP contribution in [0.1, 0.15) is 106 Å². The maximum atomic E-state index is 11.8. The van der Waals surface area contributed by atoms with E-state index in [1.54, 1.807) is 0 Å². The van der Waals surface area contributed by atoms with Gasteiger partial charge < -0.3 is 20.1 Å². The summed E-state index contributed by atoms with van der Waals surface area (Å²) < 4.78 is 6.65. The van der Waals surface area contributed by atoms with Gasteiger partial charge in [0.1, 0.15) is 0 Å². The summed E-state index contributed by atoms with van der Waals surface area (Å²) in [6, 6.07) is 0. The number of fused-ring (bicyclic) bond motifs is 5. The fourth-order valence-electron chi connectivity index (χ4n) is 11.0. The molecular weight excluding hydrogens is 412 g/mol. The Morgan fingerprint density at radius 1 is 0.758 bits per heavy atom. The average Bonchev–Trinajstić information content (AvgIpc) is 3.06. The summed E-state index contributed by atoms with van der Waals surface area (Å²) in [5.74, 6) is 1.09. The van der Waals surface area contributed by atoms with Gasteiger partial charge in [-0.25, -0.2) is 0 Å². The van der Waals surface area contributed by atoms with E-state index in [2.05, 4.69) is 48.5 Å². The number of hydrogen-bond acceptors (Lipinski definition) is 4. The summed E-state index contributed by atoms with van der Waals surface area (Å²) in [6.45, 7) is 16.0. The molecule has 5 aliphatic rings. The molecular formula is C29H50O4. The van der Waals surface area contributed by atoms with Crippen molar-refractivity contribution >= 4 is 0 Å². The smallest absolute Gasteiger partial charge is 0.0630 e. The third kappa shape index (κ3) is 3.22. The first-order valence-corrected chi connectivity index (χ1v) is 13.9. The maximum Gasteiger partial charge on any atom is 0.0630 e. The fraction of sp³-hybridized carbons (Fsp3) is 1.00. The Morgan fingerprint density at radius 3 is 2.12 bits per heavy atom. The van der Waals surface area contributed by atoms with Gasteiger partial charge >= 0.3 is 0 Å². The predicted octanol–water partition coefficient (Wildman–Crippen LogP) is 5.32. The molecule has 4 heteroatoms. The zero-order valence-corrected chi connectivity index (χ0v) is 22.2.